The normalized spacial score (nSPS) is 27.9. The van der Waals surface area contributed by atoms with Crippen molar-refractivity contribution in [2.75, 3.05) is 5.32 Å². The minimum atomic E-state index is -4.63. The maximum atomic E-state index is 12.8. The first-order chi connectivity index (χ1) is 10.6. The number of ether oxygens (including phenoxy) is 1. The Kier molecular flexibility index (Phi) is 4.06. The van der Waals surface area contributed by atoms with Crippen LogP contribution in [0.2, 0.25) is 0 Å². The second kappa shape index (κ2) is 5.64. The number of sulfonamides is 1. The minimum Gasteiger partial charge on any atom is -0.379 e. The van der Waals surface area contributed by atoms with E-state index in [1.54, 1.807) is 0 Å². The molecule has 3 N–H and O–H groups in total. The number of benzene rings is 1. The molecular weight excluding hydrogens is 333 g/mol. The van der Waals surface area contributed by atoms with Crippen LogP contribution in [0.3, 0.4) is 0 Å². The monoisotopic (exact) mass is 350 g/mol. The fourth-order valence-electron chi connectivity index (χ4n) is 3.21. The molecule has 9 heteroatoms. The number of halogens is 3. The number of hydrogen-bond donors (Lipinski definition) is 2. The van der Waals surface area contributed by atoms with Gasteiger partial charge in [0, 0.05) is 0 Å². The molecule has 0 aliphatic carbocycles. The number of hydrogen-bond acceptors (Lipinski definition) is 4. The quantitative estimate of drug-likeness (QED) is 0.877. The molecule has 2 heterocycles. The van der Waals surface area contributed by atoms with Crippen LogP contribution in [0, 0.1) is 0 Å². The molecule has 2 saturated heterocycles. The van der Waals surface area contributed by atoms with Crippen molar-refractivity contribution in [1.82, 2.24) is 0 Å². The smallest absolute Gasteiger partial charge is 0.379 e. The van der Waals surface area contributed by atoms with Crippen LogP contribution in [0.15, 0.2) is 23.1 Å². The van der Waals surface area contributed by atoms with Gasteiger partial charge < -0.3 is 10.1 Å². The van der Waals surface area contributed by atoms with E-state index >= 15 is 0 Å². The molecule has 1 aromatic carbocycles. The lowest BCUT2D eigenvalue weighted by Crippen LogP contribution is -2.38. The van der Waals surface area contributed by atoms with Gasteiger partial charge in [-0.25, -0.2) is 13.6 Å². The molecule has 1 aromatic rings. The van der Waals surface area contributed by atoms with Crippen molar-refractivity contribution >= 4 is 15.7 Å². The maximum Gasteiger partial charge on any atom is 0.416 e. The van der Waals surface area contributed by atoms with E-state index in [0.717, 1.165) is 37.8 Å². The van der Waals surface area contributed by atoms with Crippen LogP contribution in [-0.4, -0.2) is 26.7 Å². The Balaban J connectivity index is 1.92. The summed E-state index contributed by atoms with van der Waals surface area (Å²) in [6.07, 6.45) is -1.01. The second-order valence-corrected chi connectivity index (χ2v) is 7.49. The summed E-state index contributed by atoms with van der Waals surface area (Å²) in [5, 5.41) is 8.09. The topological polar surface area (TPSA) is 81.4 Å². The fraction of sp³-hybridized carbons (Fsp3) is 0.571. The third kappa shape index (κ3) is 3.46. The van der Waals surface area contributed by atoms with Gasteiger partial charge in [-0.3, -0.25) is 0 Å². The summed E-state index contributed by atoms with van der Waals surface area (Å²) >= 11 is 0. The second-order valence-electron chi connectivity index (χ2n) is 5.96. The Hall–Kier alpha value is -1.32. The number of anilines is 1. The van der Waals surface area contributed by atoms with Crippen molar-refractivity contribution in [2.24, 2.45) is 5.14 Å². The summed E-state index contributed by atoms with van der Waals surface area (Å²) in [6, 6.07) is 2.39. The Morgan fingerprint density at radius 3 is 2.52 bits per heavy atom. The van der Waals surface area contributed by atoms with Crippen molar-refractivity contribution in [3.05, 3.63) is 23.8 Å². The van der Waals surface area contributed by atoms with Crippen molar-refractivity contribution in [3.8, 4) is 0 Å². The highest BCUT2D eigenvalue weighted by Crippen LogP contribution is 2.37. The van der Waals surface area contributed by atoms with Gasteiger partial charge in [0.2, 0.25) is 10.0 Å². The molecular formula is C14H17F3N2O3S. The zero-order valence-electron chi connectivity index (χ0n) is 12.1. The molecule has 2 bridgehead atoms. The van der Waals surface area contributed by atoms with Crippen molar-refractivity contribution < 1.29 is 26.3 Å². The molecule has 3 unspecified atom stereocenters. The first kappa shape index (κ1) is 16.5. The SMILES string of the molecule is NS(=O)(=O)c1cc(C(F)(F)F)ccc1NC1CCC2CCC1O2. The molecule has 2 aliphatic heterocycles. The van der Waals surface area contributed by atoms with E-state index in [-0.39, 0.29) is 23.9 Å². The van der Waals surface area contributed by atoms with Crippen molar-refractivity contribution in [1.29, 1.82) is 0 Å². The summed E-state index contributed by atoms with van der Waals surface area (Å²) in [6.45, 7) is 0. The van der Waals surface area contributed by atoms with Crippen LogP contribution >= 0.6 is 0 Å². The van der Waals surface area contributed by atoms with Gasteiger partial charge in [-0.1, -0.05) is 0 Å². The molecule has 0 aromatic heterocycles. The highest BCUT2D eigenvalue weighted by molar-refractivity contribution is 7.89. The van der Waals surface area contributed by atoms with Gasteiger partial charge >= 0.3 is 6.18 Å². The van der Waals surface area contributed by atoms with Gasteiger partial charge in [-0.05, 0) is 43.9 Å². The molecule has 3 rings (SSSR count). The molecule has 128 valence electrons. The molecule has 2 fully saturated rings. The predicted octanol–water partition coefficient (Wildman–Crippen LogP) is 2.47. The Morgan fingerprint density at radius 1 is 1.17 bits per heavy atom. The van der Waals surface area contributed by atoms with E-state index in [1.807, 2.05) is 0 Å². The predicted molar refractivity (Wildman–Crippen MR) is 77.4 cm³/mol. The van der Waals surface area contributed by atoms with Gasteiger partial charge in [0.05, 0.1) is 29.5 Å². The Bertz CT molecular complexity index is 706. The number of fused-ring (bicyclic) bond motifs is 2. The first-order valence-corrected chi connectivity index (χ1v) is 8.85. The number of primary sulfonamides is 1. The van der Waals surface area contributed by atoms with Gasteiger partial charge in [-0.2, -0.15) is 13.2 Å². The number of alkyl halides is 3. The molecule has 5 nitrogen and oxygen atoms in total. The Morgan fingerprint density at radius 2 is 1.87 bits per heavy atom. The third-order valence-electron chi connectivity index (χ3n) is 4.35. The average Bonchev–Trinajstić information content (AvgIpc) is 2.83. The minimum absolute atomic E-state index is 0.0515. The standard InChI is InChI=1S/C14H17F3N2O3S/c15-14(16,17)8-1-4-11(13(7-8)23(18,20)21)19-10-5-2-9-3-6-12(10)22-9/h1,4,7,9-10,12,19H,2-3,5-6H2,(H2,18,20,21). The van der Waals surface area contributed by atoms with Crippen LogP contribution in [0.25, 0.3) is 0 Å². The van der Waals surface area contributed by atoms with Crippen molar-refractivity contribution in [2.45, 2.75) is 55.0 Å². The van der Waals surface area contributed by atoms with Gasteiger partial charge in [0.1, 0.15) is 4.90 Å². The van der Waals surface area contributed by atoms with Crippen molar-refractivity contribution in [3.63, 3.8) is 0 Å². The summed E-state index contributed by atoms with van der Waals surface area (Å²) in [4.78, 5) is -0.549. The largest absolute Gasteiger partial charge is 0.416 e. The summed E-state index contributed by atoms with van der Waals surface area (Å²) in [7, 11) is -4.28. The number of nitrogens with one attached hydrogen (secondary N) is 1. The van der Waals surface area contributed by atoms with Gasteiger partial charge in [-0.15, -0.1) is 0 Å². The average molecular weight is 350 g/mol. The van der Waals surface area contributed by atoms with E-state index in [1.165, 1.54) is 0 Å². The third-order valence-corrected chi connectivity index (χ3v) is 5.30. The lowest BCUT2D eigenvalue weighted by atomic mass is 10.0. The van der Waals surface area contributed by atoms with Crippen LogP contribution in [0.4, 0.5) is 18.9 Å². The van der Waals surface area contributed by atoms with Crippen LogP contribution in [0.5, 0.6) is 0 Å². The number of rotatable bonds is 3. The van der Waals surface area contributed by atoms with Crippen LogP contribution < -0.4 is 10.5 Å². The molecule has 3 atom stereocenters. The van der Waals surface area contributed by atoms with E-state index in [4.69, 9.17) is 9.88 Å². The van der Waals surface area contributed by atoms with Crippen LogP contribution in [-0.2, 0) is 20.9 Å². The highest BCUT2D eigenvalue weighted by atomic mass is 32.2. The zero-order valence-corrected chi connectivity index (χ0v) is 13.0. The van der Waals surface area contributed by atoms with E-state index in [9.17, 15) is 21.6 Å². The van der Waals surface area contributed by atoms with Gasteiger partial charge in [0.15, 0.2) is 0 Å². The molecule has 2 aliphatic rings. The summed E-state index contributed by atoms with van der Waals surface area (Å²) in [5.74, 6) is 0. The molecule has 0 saturated carbocycles. The number of nitrogens with two attached hydrogens (primary N) is 1. The Labute approximate surface area is 132 Å². The maximum absolute atomic E-state index is 12.8. The lowest BCUT2D eigenvalue weighted by Gasteiger charge is -2.31. The van der Waals surface area contributed by atoms with Crippen LogP contribution in [0.1, 0.15) is 31.2 Å². The molecule has 0 amide bonds. The summed E-state index contributed by atoms with van der Waals surface area (Å²) < 4.78 is 67.5. The molecule has 0 spiro atoms. The van der Waals surface area contributed by atoms with Gasteiger partial charge in [0.25, 0.3) is 0 Å². The highest BCUT2D eigenvalue weighted by Gasteiger charge is 2.38. The lowest BCUT2D eigenvalue weighted by molar-refractivity contribution is -0.137. The van der Waals surface area contributed by atoms with E-state index < -0.39 is 26.7 Å². The molecule has 0 radical (unpaired) electrons. The summed E-state index contributed by atoms with van der Waals surface area (Å²) in [5.41, 5.74) is -0.965. The zero-order chi connectivity index (χ0) is 16.8. The van der Waals surface area contributed by atoms with E-state index in [2.05, 4.69) is 5.32 Å². The molecule has 23 heavy (non-hydrogen) atoms. The fourth-order valence-corrected chi connectivity index (χ4v) is 3.94. The first-order valence-electron chi connectivity index (χ1n) is 7.30. The van der Waals surface area contributed by atoms with E-state index in [0.29, 0.717) is 6.07 Å².